The van der Waals surface area contributed by atoms with Crippen LogP contribution >= 0.6 is 0 Å². The number of rotatable bonds is 6. The Hall–Kier alpha value is -2.04. The van der Waals surface area contributed by atoms with Crippen molar-refractivity contribution in [2.24, 2.45) is 5.92 Å². The first kappa shape index (κ1) is 16.0. The molecule has 0 radical (unpaired) electrons. The summed E-state index contributed by atoms with van der Waals surface area (Å²) >= 11 is 0. The number of carbonyl (C=O) groups is 2. The predicted molar refractivity (Wildman–Crippen MR) is 78.9 cm³/mol. The van der Waals surface area contributed by atoms with E-state index in [-0.39, 0.29) is 12.5 Å². The lowest BCUT2D eigenvalue weighted by atomic mass is 10.1. The first-order valence-corrected chi connectivity index (χ1v) is 6.79. The highest BCUT2D eigenvalue weighted by molar-refractivity contribution is 5.89. The highest BCUT2D eigenvalue weighted by Crippen LogP contribution is 2.12. The van der Waals surface area contributed by atoms with Crippen molar-refractivity contribution in [3.05, 3.63) is 29.8 Å². The van der Waals surface area contributed by atoms with E-state index >= 15 is 0 Å². The van der Waals surface area contributed by atoms with E-state index in [2.05, 4.69) is 19.2 Å². The maximum Gasteiger partial charge on any atom is 0.321 e. The molecule has 0 fully saturated rings. The first-order valence-electron chi connectivity index (χ1n) is 6.79. The van der Waals surface area contributed by atoms with Crippen LogP contribution < -0.4 is 5.32 Å². The van der Waals surface area contributed by atoms with Gasteiger partial charge in [0.25, 0.3) is 0 Å². The number of hydrogen-bond acceptors (Lipinski definition) is 2. The largest absolute Gasteiger partial charge is 0.481 e. The minimum atomic E-state index is -0.886. The van der Waals surface area contributed by atoms with Gasteiger partial charge in [-0.3, -0.25) is 4.79 Å². The number of benzene rings is 1. The molecule has 0 bridgehead atoms. The average Bonchev–Trinajstić information content (AvgIpc) is 2.35. The molecule has 110 valence electrons. The lowest BCUT2D eigenvalue weighted by Crippen LogP contribution is -2.37. The summed E-state index contributed by atoms with van der Waals surface area (Å²) in [6.45, 7) is 7.38. The molecule has 2 N–H and O–H groups in total. The Morgan fingerprint density at radius 1 is 1.35 bits per heavy atom. The van der Waals surface area contributed by atoms with Crippen molar-refractivity contribution >= 4 is 17.7 Å². The van der Waals surface area contributed by atoms with Gasteiger partial charge in [-0.15, -0.1) is 0 Å². The molecule has 0 saturated heterocycles. The van der Waals surface area contributed by atoms with Gasteiger partial charge in [-0.05, 0) is 30.5 Å². The molecule has 5 heteroatoms. The van der Waals surface area contributed by atoms with Gasteiger partial charge in [-0.25, -0.2) is 4.79 Å². The number of anilines is 1. The number of nitrogens with one attached hydrogen (secondary N) is 1. The summed E-state index contributed by atoms with van der Waals surface area (Å²) < 4.78 is 0. The molecule has 1 rings (SSSR count). The second-order valence-corrected chi connectivity index (χ2v) is 5.13. The molecule has 0 heterocycles. The van der Waals surface area contributed by atoms with E-state index in [9.17, 15) is 9.59 Å². The normalized spacial score (nSPS) is 10.4. The van der Waals surface area contributed by atoms with Gasteiger partial charge >= 0.3 is 12.0 Å². The summed E-state index contributed by atoms with van der Waals surface area (Å²) in [4.78, 5) is 24.5. The molecule has 0 aromatic heterocycles. The van der Waals surface area contributed by atoms with E-state index in [1.54, 1.807) is 29.2 Å². The van der Waals surface area contributed by atoms with Crippen LogP contribution in [0.4, 0.5) is 10.5 Å². The Labute approximate surface area is 119 Å². The fraction of sp³-hybridized carbons (Fsp3) is 0.467. The highest BCUT2D eigenvalue weighted by Gasteiger charge is 2.13. The van der Waals surface area contributed by atoms with Crippen LogP contribution in [0, 0.1) is 5.92 Å². The zero-order valence-electron chi connectivity index (χ0n) is 12.2. The summed E-state index contributed by atoms with van der Waals surface area (Å²) in [7, 11) is 0. The number of urea groups is 1. The number of carboxylic acids is 1. The van der Waals surface area contributed by atoms with Crippen molar-refractivity contribution < 1.29 is 14.7 Å². The third-order valence-corrected chi connectivity index (χ3v) is 2.79. The van der Waals surface area contributed by atoms with Crippen molar-refractivity contribution in [2.45, 2.75) is 27.2 Å². The van der Waals surface area contributed by atoms with Crippen LogP contribution in [0.15, 0.2) is 24.3 Å². The van der Waals surface area contributed by atoms with E-state index in [1.807, 2.05) is 6.92 Å². The van der Waals surface area contributed by atoms with Crippen molar-refractivity contribution in [2.75, 3.05) is 18.4 Å². The van der Waals surface area contributed by atoms with Gasteiger partial charge in [0.05, 0.1) is 6.42 Å². The number of nitrogens with zero attached hydrogens (tertiary/aromatic N) is 1. The molecule has 5 nitrogen and oxygen atoms in total. The lowest BCUT2D eigenvalue weighted by Gasteiger charge is -2.23. The average molecular weight is 278 g/mol. The van der Waals surface area contributed by atoms with E-state index < -0.39 is 5.97 Å². The molecular weight excluding hydrogens is 256 g/mol. The predicted octanol–water partition coefficient (Wildman–Crippen LogP) is 2.82. The minimum Gasteiger partial charge on any atom is -0.481 e. The Kier molecular flexibility index (Phi) is 6.03. The van der Waals surface area contributed by atoms with Gasteiger partial charge < -0.3 is 15.3 Å². The van der Waals surface area contributed by atoms with Crippen molar-refractivity contribution in [1.29, 1.82) is 0 Å². The van der Waals surface area contributed by atoms with Crippen LogP contribution in [-0.4, -0.2) is 35.1 Å². The topological polar surface area (TPSA) is 69.6 Å². The van der Waals surface area contributed by atoms with Crippen molar-refractivity contribution in [3.63, 3.8) is 0 Å². The molecule has 0 saturated carbocycles. The summed E-state index contributed by atoms with van der Waals surface area (Å²) in [6, 6.07) is 6.76. The lowest BCUT2D eigenvalue weighted by molar-refractivity contribution is -0.136. The molecule has 0 spiro atoms. The van der Waals surface area contributed by atoms with Crippen LogP contribution in [0.25, 0.3) is 0 Å². The van der Waals surface area contributed by atoms with Crippen LogP contribution in [-0.2, 0) is 11.2 Å². The van der Waals surface area contributed by atoms with Crippen LogP contribution in [0.5, 0.6) is 0 Å². The smallest absolute Gasteiger partial charge is 0.321 e. The molecule has 0 unspecified atom stereocenters. The zero-order valence-corrected chi connectivity index (χ0v) is 12.2. The van der Waals surface area contributed by atoms with E-state index in [0.29, 0.717) is 30.3 Å². The molecule has 0 aliphatic carbocycles. The molecule has 1 aromatic rings. The molecule has 20 heavy (non-hydrogen) atoms. The Bertz CT molecular complexity index is 472. The van der Waals surface area contributed by atoms with Gasteiger partial charge in [-0.1, -0.05) is 26.0 Å². The number of aliphatic carboxylic acids is 1. The monoisotopic (exact) mass is 278 g/mol. The third-order valence-electron chi connectivity index (χ3n) is 2.79. The van der Waals surface area contributed by atoms with Gasteiger partial charge in [0.2, 0.25) is 0 Å². The number of hydrogen-bond donors (Lipinski definition) is 2. The molecule has 0 aliphatic heterocycles. The van der Waals surface area contributed by atoms with Crippen LogP contribution in [0.2, 0.25) is 0 Å². The molecule has 0 aliphatic rings. The van der Waals surface area contributed by atoms with Crippen LogP contribution in [0.1, 0.15) is 26.3 Å². The minimum absolute atomic E-state index is 0.0484. The first-order chi connectivity index (χ1) is 9.42. The van der Waals surface area contributed by atoms with Crippen molar-refractivity contribution in [3.8, 4) is 0 Å². The number of carboxylic acid groups (broad SMARTS) is 1. The molecule has 2 amide bonds. The molecule has 0 atom stereocenters. The number of amides is 2. The fourth-order valence-electron chi connectivity index (χ4n) is 1.93. The Morgan fingerprint density at radius 3 is 2.60 bits per heavy atom. The maximum atomic E-state index is 12.1. The Balaban J connectivity index is 2.71. The van der Waals surface area contributed by atoms with Crippen LogP contribution in [0.3, 0.4) is 0 Å². The SMILES string of the molecule is CCN(CC(C)C)C(=O)Nc1cccc(CC(=O)O)c1. The van der Waals surface area contributed by atoms with Crippen molar-refractivity contribution in [1.82, 2.24) is 4.90 Å². The summed E-state index contributed by atoms with van der Waals surface area (Å²) in [5.41, 5.74) is 1.29. The van der Waals surface area contributed by atoms with Gasteiger partial charge in [-0.2, -0.15) is 0 Å². The quantitative estimate of drug-likeness (QED) is 0.840. The summed E-state index contributed by atoms with van der Waals surface area (Å²) in [5.74, 6) is -0.484. The standard InChI is InChI=1S/C15H22N2O3/c1-4-17(10-11(2)3)15(20)16-13-7-5-6-12(8-13)9-14(18)19/h5-8,11H,4,9-10H2,1-3H3,(H,16,20)(H,18,19). The number of carbonyl (C=O) groups excluding carboxylic acids is 1. The van der Waals surface area contributed by atoms with Gasteiger partial charge in [0.15, 0.2) is 0 Å². The van der Waals surface area contributed by atoms with E-state index in [1.165, 1.54) is 0 Å². The highest BCUT2D eigenvalue weighted by atomic mass is 16.4. The fourth-order valence-corrected chi connectivity index (χ4v) is 1.93. The molecule has 1 aromatic carbocycles. The zero-order chi connectivity index (χ0) is 15.1. The van der Waals surface area contributed by atoms with E-state index in [0.717, 1.165) is 0 Å². The second kappa shape index (κ2) is 7.53. The van der Waals surface area contributed by atoms with E-state index in [4.69, 9.17) is 5.11 Å². The van der Waals surface area contributed by atoms with Gasteiger partial charge in [0, 0.05) is 18.8 Å². The summed E-state index contributed by atoms with van der Waals surface area (Å²) in [6.07, 6.45) is -0.0484. The maximum absolute atomic E-state index is 12.1. The second-order valence-electron chi connectivity index (χ2n) is 5.13. The van der Waals surface area contributed by atoms with Gasteiger partial charge in [0.1, 0.15) is 0 Å². The third kappa shape index (κ3) is 5.30. The Morgan fingerprint density at radius 2 is 2.05 bits per heavy atom. The molecular formula is C15H22N2O3. The summed E-state index contributed by atoms with van der Waals surface area (Å²) in [5, 5.41) is 11.6.